The van der Waals surface area contributed by atoms with Crippen molar-refractivity contribution in [1.29, 1.82) is 0 Å². The Bertz CT molecular complexity index is 3160. The van der Waals surface area contributed by atoms with Crippen LogP contribution in [0.1, 0.15) is 492 Å². The summed E-state index contributed by atoms with van der Waals surface area (Å²) in [5.41, 5.74) is 5.50. The maximum atomic E-state index is 2.49. The van der Waals surface area contributed by atoms with E-state index < -0.39 is 0 Å². The highest BCUT2D eigenvalue weighted by Gasteiger charge is 2.63. The Morgan fingerprint density at radius 3 is 0.863 bits per heavy atom. The second-order valence-electron chi connectivity index (χ2n) is 58.4. The molecule has 36 aliphatic carbocycles. The first kappa shape index (κ1) is 101. The van der Waals surface area contributed by atoms with E-state index in [1.807, 2.05) is 0 Å². The highest BCUT2D eigenvalue weighted by molar-refractivity contribution is 5.12. The molecule has 0 saturated heterocycles. The van der Waals surface area contributed by atoms with E-state index in [1.54, 1.807) is 83.5 Å². The zero-order chi connectivity index (χ0) is 90.5. The van der Waals surface area contributed by atoms with Gasteiger partial charge in [-0.2, -0.15) is 0 Å². The molecule has 124 heavy (non-hydrogen) atoms. The van der Waals surface area contributed by atoms with E-state index in [-0.39, 0.29) is 0 Å². The normalized spacial score (nSPS) is 50.8. The largest absolute Gasteiger partial charge is 0.0651 e. The van der Waals surface area contributed by atoms with Gasteiger partial charge >= 0.3 is 0 Å². The lowest BCUT2D eigenvalue weighted by molar-refractivity contribution is -0.166. The van der Waals surface area contributed by atoms with E-state index in [9.17, 15) is 0 Å². The van der Waals surface area contributed by atoms with Gasteiger partial charge in [-0.1, -0.05) is 312 Å². The van der Waals surface area contributed by atoms with E-state index in [4.69, 9.17) is 0 Å². The molecule has 32 unspecified atom stereocenters. The molecule has 0 heteroatoms. The van der Waals surface area contributed by atoms with Crippen molar-refractivity contribution in [2.75, 3.05) is 0 Å². The van der Waals surface area contributed by atoms with Crippen molar-refractivity contribution in [3.63, 3.8) is 0 Å². The average molecular weight is 1720 g/mol. The molecule has 0 N–H and O–H groups in total. The number of hydrogen-bond acceptors (Lipinski definition) is 0. The smallest absolute Gasteiger partial charge is 0.0290 e. The van der Waals surface area contributed by atoms with Crippen molar-refractivity contribution in [3.8, 4) is 0 Å². The van der Waals surface area contributed by atoms with Crippen LogP contribution < -0.4 is 0 Å². The minimum absolute atomic E-state index is 0.678. The third-order valence-corrected chi connectivity index (χ3v) is 49.8. The minimum Gasteiger partial charge on any atom is -0.0651 e. The first-order valence-corrected chi connectivity index (χ1v) is 58.1. The molecule has 0 aromatic heterocycles. The van der Waals surface area contributed by atoms with Crippen LogP contribution in [0.3, 0.4) is 0 Å². The summed E-state index contributed by atoms with van der Waals surface area (Å²) < 4.78 is 0. The van der Waals surface area contributed by atoms with Gasteiger partial charge in [0.25, 0.3) is 0 Å². The van der Waals surface area contributed by atoms with Crippen molar-refractivity contribution in [2.24, 2.45) is 292 Å². The van der Waals surface area contributed by atoms with Crippen molar-refractivity contribution in [3.05, 3.63) is 0 Å². The number of fused-ring (bicyclic) bond motifs is 24. The molecule has 0 amide bonds. The fourth-order valence-electron chi connectivity index (χ4n) is 40.3. The van der Waals surface area contributed by atoms with Crippen molar-refractivity contribution >= 4 is 0 Å². The van der Waals surface area contributed by atoms with E-state index in [0.29, 0.717) is 43.3 Å². The van der Waals surface area contributed by atoms with Crippen molar-refractivity contribution in [2.45, 2.75) is 492 Å². The molecule has 0 aromatic carbocycles. The van der Waals surface area contributed by atoms with E-state index in [1.165, 1.54) is 173 Å². The van der Waals surface area contributed by atoms with Crippen molar-refractivity contribution < 1.29 is 0 Å². The van der Waals surface area contributed by atoms with Crippen LogP contribution >= 0.6 is 0 Å². The molecule has 720 valence electrons. The number of rotatable bonds is 6. The Balaban J connectivity index is 0.000000116. The maximum Gasteiger partial charge on any atom is -0.0290 e. The second kappa shape index (κ2) is 40.0. The van der Waals surface area contributed by atoms with Crippen LogP contribution in [-0.2, 0) is 0 Å². The van der Waals surface area contributed by atoms with Crippen LogP contribution in [0.25, 0.3) is 0 Å². The van der Waals surface area contributed by atoms with E-state index in [0.717, 1.165) is 249 Å². The molecule has 0 heterocycles. The highest BCUT2D eigenvalue weighted by atomic mass is 14.7. The summed E-state index contributed by atoms with van der Waals surface area (Å²) in [5.74, 6) is 44.7. The van der Waals surface area contributed by atoms with Crippen LogP contribution in [0, 0.1) is 292 Å². The van der Waals surface area contributed by atoms with Gasteiger partial charge in [0.05, 0.1) is 0 Å². The quantitative estimate of drug-likeness (QED) is 0.249. The predicted molar refractivity (Wildman–Crippen MR) is 544 cm³/mol. The Labute approximate surface area is 779 Å². The fourth-order valence-corrected chi connectivity index (χ4v) is 40.3. The van der Waals surface area contributed by atoms with Gasteiger partial charge in [-0.15, -0.1) is 0 Å². The molecule has 36 aliphatic rings. The van der Waals surface area contributed by atoms with Gasteiger partial charge in [0.2, 0.25) is 0 Å². The first-order chi connectivity index (χ1) is 58.1. The van der Waals surface area contributed by atoms with Gasteiger partial charge in [0.1, 0.15) is 0 Å². The van der Waals surface area contributed by atoms with Crippen LogP contribution in [0.2, 0.25) is 0 Å². The Morgan fingerprint density at radius 2 is 0.581 bits per heavy atom. The van der Waals surface area contributed by atoms with E-state index in [2.05, 4.69) is 235 Å². The van der Waals surface area contributed by atoms with Crippen LogP contribution in [0.4, 0.5) is 0 Å². The zero-order valence-electron chi connectivity index (χ0n) is 90.5. The minimum atomic E-state index is 0.678. The molecular formula is C124H224. The molecule has 0 spiro atoms. The summed E-state index contributed by atoms with van der Waals surface area (Å²) in [5, 5.41) is 0. The summed E-state index contributed by atoms with van der Waals surface area (Å²) in [4.78, 5) is 0. The summed E-state index contributed by atoms with van der Waals surface area (Å²) in [6, 6.07) is 0. The topological polar surface area (TPSA) is 0 Å². The summed E-state index contributed by atoms with van der Waals surface area (Å²) in [6.45, 7) is 83.1. The van der Waals surface area contributed by atoms with Gasteiger partial charge in [0, 0.05) is 0 Å². The van der Waals surface area contributed by atoms with Crippen molar-refractivity contribution in [1.82, 2.24) is 0 Å². The molecular weight excluding hydrogens is 1490 g/mol. The second-order valence-corrected chi connectivity index (χ2v) is 58.4. The summed E-state index contributed by atoms with van der Waals surface area (Å²) in [7, 11) is 0. The SMILES string of the molecule is CC1CC(C)C2CC1C2(C)C.CC1CC2CC(C1)C2.CC1CC2CC(C1C)C2(C)C.CC1CCC2C(C)C1C2(C)C.CC1CCC2CC1C2.CC1CCC2CC1C2(C)C.CCC1C2CCC(C)C1C2(C)C.CCC1CC(C)C2CC1C2(C)C.CCC1CC2CC(C1)C2.CCC1CC2CC(C1C)C2(C)C.CCC1CCC2CC1C2.CCC1CCC2CC1C2(C)C. The van der Waals surface area contributed by atoms with Gasteiger partial charge in [0.15, 0.2) is 0 Å². The van der Waals surface area contributed by atoms with Crippen LogP contribution in [-0.4, -0.2) is 0 Å². The molecule has 36 saturated carbocycles. The third-order valence-electron chi connectivity index (χ3n) is 49.8. The summed E-state index contributed by atoms with van der Waals surface area (Å²) >= 11 is 0. The third kappa shape index (κ3) is 20.1. The molecule has 32 atom stereocenters. The standard InChI is InChI=1S/3C12H22.4C11H20.C10H18.2C9H16.2C8H14/c1-5-9-6-10-7-11(8(9)2)12(10,3)4;1-5-9-6-8(2)10-7-11(9)12(10,3)4;1-5-9-10-7-6-8(2)11(9)12(10,3)4;1-7-5-9-6-10(8(7)2)11(9,3)4;1-7-5-8(2)10-6-9(7)11(10,3)4;1-7-5-6-9-8(2)10(7)11(9,3)4;1-4-8-5-6-9-7-10(8)11(9,2)3;1-7-4-5-8-6-9(7)10(8,2)3;1-2-7-3-8-5-9(4-7)6-8;1-2-8-4-3-7-5-9(8)6-7;1-6-2-7-4-8(3-6)5-7;1-6-2-3-7-4-8(6)5-7/h3*8-11H,5-7H2,1-4H3;3*7-10H,5-6H2,1-4H3;8-10H,4-7H2,1-3H3;7-9H,4-6H2,1-3H3;2*7-9H,2-6H2,1H3;2*6-8H,2-5H2,1H3. The highest BCUT2D eigenvalue weighted by Crippen LogP contribution is 2.71. The summed E-state index contributed by atoms with van der Waals surface area (Å²) in [6.07, 6.45) is 60.7. The monoisotopic (exact) mass is 1710 g/mol. The molecule has 24 bridgehead atoms. The number of hydrogen-bond donors (Lipinski definition) is 0. The maximum absolute atomic E-state index is 2.49. The first-order valence-electron chi connectivity index (χ1n) is 58.1. The van der Waals surface area contributed by atoms with Gasteiger partial charge in [-0.25, -0.2) is 0 Å². The lowest BCUT2D eigenvalue weighted by Gasteiger charge is -2.65. The Morgan fingerprint density at radius 1 is 0.185 bits per heavy atom. The van der Waals surface area contributed by atoms with Crippen LogP contribution in [0.5, 0.6) is 0 Å². The molecule has 0 radical (unpaired) electrons. The van der Waals surface area contributed by atoms with Gasteiger partial charge in [-0.05, 0) is 472 Å². The zero-order valence-corrected chi connectivity index (χ0v) is 90.5. The van der Waals surface area contributed by atoms with E-state index >= 15 is 0 Å². The molecule has 0 nitrogen and oxygen atoms in total. The Hall–Kier alpha value is 0. The lowest BCUT2D eigenvalue weighted by atomic mass is 9.40. The Kier molecular flexibility index (Phi) is 32.7. The van der Waals surface area contributed by atoms with Gasteiger partial charge in [-0.3, -0.25) is 0 Å². The fraction of sp³-hybridized carbons (Fsp3) is 1.00. The van der Waals surface area contributed by atoms with Gasteiger partial charge < -0.3 is 0 Å². The molecule has 0 aromatic rings. The predicted octanol–water partition coefficient (Wildman–Crippen LogP) is 38.2. The molecule has 36 rings (SSSR count). The molecule has 36 fully saturated rings. The molecule has 0 aliphatic heterocycles. The average Bonchev–Trinajstić information content (AvgIpc) is 0.698. The van der Waals surface area contributed by atoms with Crippen LogP contribution in [0.15, 0.2) is 0 Å². The lowest BCUT2D eigenvalue weighted by Crippen LogP contribution is -2.59.